The van der Waals surface area contributed by atoms with Gasteiger partial charge in [0.2, 0.25) is 0 Å². The number of rotatable bonds is 4. The van der Waals surface area contributed by atoms with Crippen molar-refractivity contribution in [3.8, 4) is 34.3 Å². The van der Waals surface area contributed by atoms with Crippen LogP contribution in [0.3, 0.4) is 0 Å². The minimum Gasteiger partial charge on any atom is -0.491 e. The maximum atomic E-state index is 12.7. The Kier molecular flexibility index (Phi) is 4.43. The molecular weight excluding hydrogens is 407 g/mol. The van der Waals surface area contributed by atoms with Crippen LogP contribution in [0.25, 0.3) is 32.9 Å². The molecule has 31 heavy (non-hydrogen) atoms. The molecule has 0 aliphatic carbocycles. The van der Waals surface area contributed by atoms with Gasteiger partial charge in [-0.15, -0.1) is 13.2 Å². The van der Waals surface area contributed by atoms with Crippen LogP contribution in [0, 0.1) is 0 Å². The quantitative estimate of drug-likeness (QED) is 0.285. The van der Waals surface area contributed by atoms with E-state index >= 15 is 0 Å². The third-order valence-corrected chi connectivity index (χ3v) is 5.33. The van der Waals surface area contributed by atoms with Gasteiger partial charge in [-0.05, 0) is 55.1 Å². The molecule has 1 unspecified atom stereocenters. The SMILES string of the molecule is CCC(C)Oc1ccc2c(c1)nc1c3c(cccc32)Oc2ccc(OC(F)(F)F)cc2-1. The third-order valence-electron chi connectivity index (χ3n) is 5.33. The van der Waals surface area contributed by atoms with Crippen LogP contribution in [-0.2, 0) is 0 Å². The fourth-order valence-corrected chi connectivity index (χ4v) is 3.78. The van der Waals surface area contributed by atoms with Gasteiger partial charge in [-0.25, -0.2) is 4.98 Å². The number of pyridine rings is 1. The topological polar surface area (TPSA) is 40.6 Å². The highest BCUT2D eigenvalue weighted by Gasteiger charge is 2.32. The van der Waals surface area contributed by atoms with Crippen molar-refractivity contribution in [1.29, 1.82) is 0 Å². The third kappa shape index (κ3) is 3.50. The Hall–Kier alpha value is -3.48. The van der Waals surface area contributed by atoms with Crippen LogP contribution in [0.1, 0.15) is 20.3 Å². The molecule has 4 nitrogen and oxygen atoms in total. The molecule has 0 bridgehead atoms. The number of nitrogens with zero attached hydrogens (tertiary/aromatic N) is 1. The van der Waals surface area contributed by atoms with E-state index in [-0.39, 0.29) is 11.9 Å². The van der Waals surface area contributed by atoms with Crippen molar-refractivity contribution in [3.63, 3.8) is 0 Å². The lowest BCUT2D eigenvalue weighted by molar-refractivity contribution is -0.274. The Bertz CT molecular complexity index is 1320. The number of halogens is 3. The van der Waals surface area contributed by atoms with Gasteiger partial charge in [-0.1, -0.05) is 19.1 Å². The van der Waals surface area contributed by atoms with E-state index in [2.05, 4.69) is 4.74 Å². The van der Waals surface area contributed by atoms with Crippen LogP contribution in [0.2, 0.25) is 0 Å². The van der Waals surface area contributed by atoms with Gasteiger partial charge in [0, 0.05) is 17.0 Å². The summed E-state index contributed by atoms with van der Waals surface area (Å²) in [5.41, 5.74) is 1.68. The molecule has 1 aromatic heterocycles. The first kappa shape index (κ1) is 19.5. The molecule has 7 heteroatoms. The van der Waals surface area contributed by atoms with Gasteiger partial charge in [-0.3, -0.25) is 0 Å². The molecule has 158 valence electrons. The van der Waals surface area contributed by atoms with Crippen LogP contribution >= 0.6 is 0 Å². The Morgan fingerprint density at radius 1 is 0.968 bits per heavy atom. The molecule has 0 amide bonds. The Morgan fingerprint density at radius 2 is 1.77 bits per heavy atom. The first-order valence-electron chi connectivity index (χ1n) is 9.93. The number of hydrogen-bond donors (Lipinski definition) is 0. The van der Waals surface area contributed by atoms with Crippen LogP contribution in [0.4, 0.5) is 13.2 Å². The summed E-state index contributed by atoms with van der Waals surface area (Å²) in [6.07, 6.45) is -3.86. The first-order valence-corrected chi connectivity index (χ1v) is 9.93. The second kappa shape index (κ2) is 7.04. The molecule has 2 heterocycles. The molecular formula is C24H18F3NO3. The summed E-state index contributed by atoms with van der Waals surface area (Å²) in [6.45, 7) is 4.03. The van der Waals surface area contributed by atoms with Gasteiger partial charge in [0.15, 0.2) is 0 Å². The Balaban J connectivity index is 1.73. The van der Waals surface area contributed by atoms with E-state index < -0.39 is 6.36 Å². The zero-order chi connectivity index (χ0) is 21.8. The molecule has 0 saturated carbocycles. The molecule has 1 aliphatic rings. The second-order valence-corrected chi connectivity index (χ2v) is 7.46. The summed E-state index contributed by atoms with van der Waals surface area (Å²) in [4.78, 5) is 4.81. The van der Waals surface area contributed by atoms with Gasteiger partial charge >= 0.3 is 6.36 Å². The van der Waals surface area contributed by atoms with E-state index in [9.17, 15) is 13.2 Å². The number of aromatic nitrogens is 1. The van der Waals surface area contributed by atoms with Gasteiger partial charge in [0.1, 0.15) is 23.0 Å². The molecule has 0 radical (unpaired) electrons. The molecule has 0 fully saturated rings. The lowest BCUT2D eigenvalue weighted by atomic mass is 9.96. The van der Waals surface area contributed by atoms with E-state index in [0.717, 1.165) is 22.6 Å². The summed E-state index contributed by atoms with van der Waals surface area (Å²) in [5.74, 6) is 1.41. The number of alkyl halides is 3. The summed E-state index contributed by atoms with van der Waals surface area (Å²) in [6, 6.07) is 15.4. The maximum Gasteiger partial charge on any atom is 0.573 e. The average molecular weight is 425 g/mol. The Labute approximate surface area is 176 Å². The monoisotopic (exact) mass is 425 g/mol. The molecule has 0 spiro atoms. The molecule has 0 saturated heterocycles. The predicted octanol–water partition coefficient (Wildman–Crippen LogP) is 7.24. The molecule has 5 rings (SSSR count). The minimum absolute atomic E-state index is 0.0547. The van der Waals surface area contributed by atoms with Crippen LogP contribution in [-0.4, -0.2) is 17.5 Å². The molecule has 4 aromatic rings. The largest absolute Gasteiger partial charge is 0.573 e. The van der Waals surface area contributed by atoms with Crippen LogP contribution in [0.5, 0.6) is 23.0 Å². The lowest BCUT2D eigenvalue weighted by Crippen LogP contribution is -2.17. The molecule has 3 aromatic carbocycles. The van der Waals surface area contributed by atoms with Crippen LogP contribution < -0.4 is 14.2 Å². The highest BCUT2D eigenvalue weighted by atomic mass is 19.4. The summed E-state index contributed by atoms with van der Waals surface area (Å²) in [7, 11) is 0. The fourth-order valence-electron chi connectivity index (χ4n) is 3.78. The lowest BCUT2D eigenvalue weighted by Gasteiger charge is -2.22. The van der Waals surface area contributed by atoms with Crippen molar-refractivity contribution < 1.29 is 27.4 Å². The number of benzene rings is 3. The van der Waals surface area contributed by atoms with Gasteiger partial charge in [0.05, 0.1) is 22.7 Å². The van der Waals surface area contributed by atoms with Crippen molar-refractivity contribution in [1.82, 2.24) is 4.98 Å². The zero-order valence-electron chi connectivity index (χ0n) is 16.8. The van der Waals surface area contributed by atoms with Crippen LogP contribution in [0.15, 0.2) is 54.6 Å². The first-order chi connectivity index (χ1) is 14.8. The maximum absolute atomic E-state index is 12.7. The summed E-state index contributed by atoms with van der Waals surface area (Å²) < 4.78 is 54.2. The van der Waals surface area contributed by atoms with Crippen molar-refractivity contribution in [2.24, 2.45) is 0 Å². The predicted molar refractivity (Wildman–Crippen MR) is 112 cm³/mol. The summed E-state index contributed by atoms with van der Waals surface area (Å²) >= 11 is 0. The zero-order valence-corrected chi connectivity index (χ0v) is 16.8. The second-order valence-electron chi connectivity index (χ2n) is 7.46. The van der Waals surface area contributed by atoms with E-state index in [1.807, 2.05) is 50.2 Å². The summed E-state index contributed by atoms with van der Waals surface area (Å²) in [5, 5.41) is 2.56. The highest BCUT2D eigenvalue weighted by molar-refractivity contribution is 6.14. The van der Waals surface area contributed by atoms with Gasteiger partial charge < -0.3 is 14.2 Å². The van der Waals surface area contributed by atoms with Crippen molar-refractivity contribution in [2.45, 2.75) is 32.7 Å². The highest BCUT2D eigenvalue weighted by Crippen LogP contribution is 2.48. The van der Waals surface area contributed by atoms with E-state index in [4.69, 9.17) is 14.5 Å². The van der Waals surface area contributed by atoms with Crippen molar-refractivity contribution in [2.75, 3.05) is 0 Å². The minimum atomic E-state index is -4.78. The molecule has 1 aliphatic heterocycles. The number of fused-ring (bicyclic) bond motifs is 4. The van der Waals surface area contributed by atoms with Crippen molar-refractivity contribution in [3.05, 3.63) is 54.6 Å². The van der Waals surface area contributed by atoms with E-state index in [0.29, 0.717) is 34.0 Å². The normalized spacial score (nSPS) is 13.6. The van der Waals surface area contributed by atoms with Gasteiger partial charge in [-0.2, -0.15) is 0 Å². The average Bonchev–Trinajstić information content (AvgIpc) is 2.73. The Morgan fingerprint density at radius 3 is 2.55 bits per heavy atom. The van der Waals surface area contributed by atoms with Crippen molar-refractivity contribution >= 4 is 21.7 Å². The fraction of sp³-hybridized carbons (Fsp3) is 0.208. The van der Waals surface area contributed by atoms with Gasteiger partial charge in [0.25, 0.3) is 0 Å². The van der Waals surface area contributed by atoms with E-state index in [1.54, 1.807) is 0 Å². The van der Waals surface area contributed by atoms with E-state index in [1.165, 1.54) is 18.2 Å². The number of ether oxygens (including phenoxy) is 3. The molecule has 1 atom stereocenters. The number of hydrogen-bond acceptors (Lipinski definition) is 4. The molecule has 0 N–H and O–H groups in total. The smallest absolute Gasteiger partial charge is 0.491 e. The standard InChI is InChI=1S/C24H18F3NO3/c1-3-13(2)29-14-7-9-16-17-5-4-6-21-22(17)23(28-19(16)12-14)18-11-15(31-24(25,26)27)8-10-20(18)30-21/h4-13H,3H2,1-2H3.